The summed E-state index contributed by atoms with van der Waals surface area (Å²) in [6.45, 7) is 0.316. The minimum atomic E-state index is -0.993. The Kier molecular flexibility index (Phi) is 3.42. The number of rotatable bonds is 4. The Morgan fingerprint density at radius 3 is 2.50 bits per heavy atom. The summed E-state index contributed by atoms with van der Waals surface area (Å²) in [5.74, 6) is -0.483. The third-order valence-electron chi connectivity index (χ3n) is 3.96. The molecule has 0 aromatic carbocycles. The number of halogens is 1. The highest BCUT2D eigenvalue weighted by atomic mass is 35.5. The van der Waals surface area contributed by atoms with Crippen LogP contribution in [0.1, 0.15) is 25.7 Å². The molecule has 2 atom stereocenters. The number of carbonyl (C=O) groups is 1. The number of hydrogen-bond donors (Lipinski definition) is 1. The first-order chi connectivity index (χ1) is 7.59. The van der Waals surface area contributed by atoms with Gasteiger partial charge in [0.05, 0.1) is 6.61 Å². The molecule has 0 saturated carbocycles. The van der Waals surface area contributed by atoms with Gasteiger partial charge in [0, 0.05) is 30.8 Å². The van der Waals surface area contributed by atoms with Gasteiger partial charge in [-0.2, -0.15) is 0 Å². The van der Waals surface area contributed by atoms with Crippen LogP contribution in [0.5, 0.6) is 0 Å². The lowest BCUT2D eigenvalue weighted by Gasteiger charge is -2.42. The summed E-state index contributed by atoms with van der Waals surface area (Å²) in [4.78, 5) is 13.7. The molecule has 4 nitrogen and oxygen atoms in total. The molecule has 2 bridgehead atoms. The third-order valence-corrected chi connectivity index (χ3v) is 4.12. The van der Waals surface area contributed by atoms with Crippen LogP contribution >= 0.6 is 11.6 Å². The summed E-state index contributed by atoms with van der Waals surface area (Å²) in [6, 6.07) is 0.704. The molecule has 0 spiro atoms. The van der Waals surface area contributed by atoms with Gasteiger partial charge >= 0.3 is 5.97 Å². The smallest absolute Gasteiger partial charge is 0.336 e. The number of alkyl halides is 1. The predicted molar refractivity (Wildman–Crippen MR) is 60.8 cm³/mol. The molecule has 2 unspecified atom stereocenters. The second-order valence-electron chi connectivity index (χ2n) is 4.80. The molecule has 2 fully saturated rings. The minimum absolute atomic E-state index is 0.316. The molecule has 2 rings (SSSR count). The van der Waals surface area contributed by atoms with E-state index in [1.165, 1.54) is 0 Å². The van der Waals surface area contributed by atoms with Crippen LogP contribution in [0.2, 0.25) is 0 Å². The van der Waals surface area contributed by atoms with Crippen molar-refractivity contribution in [3.8, 4) is 0 Å². The SMILES string of the molecule is CN1C2CCC1CC(OCCCl)(C(=O)O)C2. The summed E-state index contributed by atoms with van der Waals surface area (Å²) in [6.07, 6.45) is 3.35. The van der Waals surface area contributed by atoms with Crippen molar-refractivity contribution in [3.63, 3.8) is 0 Å². The quantitative estimate of drug-likeness (QED) is 0.762. The fourth-order valence-corrected chi connectivity index (χ4v) is 3.09. The monoisotopic (exact) mass is 247 g/mol. The Balaban J connectivity index is 2.13. The van der Waals surface area contributed by atoms with Crippen LogP contribution < -0.4 is 0 Å². The average Bonchev–Trinajstić information content (AvgIpc) is 2.52. The fraction of sp³-hybridized carbons (Fsp3) is 0.909. The highest BCUT2D eigenvalue weighted by molar-refractivity contribution is 6.18. The van der Waals surface area contributed by atoms with Crippen LogP contribution in [-0.2, 0) is 9.53 Å². The zero-order valence-electron chi connectivity index (χ0n) is 9.49. The minimum Gasteiger partial charge on any atom is -0.479 e. The van der Waals surface area contributed by atoms with E-state index in [2.05, 4.69) is 11.9 Å². The Morgan fingerprint density at radius 1 is 1.50 bits per heavy atom. The van der Waals surface area contributed by atoms with Gasteiger partial charge in [0.25, 0.3) is 0 Å². The number of nitrogens with zero attached hydrogens (tertiary/aromatic N) is 1. The van der Waals surface area contributed by atoms with Crippen LogP contribution in [0.4, 0.5) is 0 Å². The van der Waals surface area contributed by atoms with Crippen molar-refractivity contribution < 1.29 is 14.6 Å². The maximum absolute atomic E-state index is 11.4. The second-order valence-corrected chi connectivity index (χ2v) is 5.17. The molecule has 16 heavy (non-hydrogen) atoms. The molecule has 0 aliphatic carbocycles. The molecule has 2 saturated heterocycles. The van der Waals surface area contributed by atoms with Crippen molar-refractivity contribution in [2.24, 2.45) is 0 Å². The third kappa shape index (κ3) is 1.94. The molecule has 2 heterocycles. The van der Waals surface area contributed by atoms with Crippen LogP contribution in [0.25, 0.3) is 0 Å². The van der Waals surface area contributed by atoms with Crippen LogP contribution in [0.3, 0.4) is 0 Å². The molecule has 0 aromatic rings. The Morgan fingerprint density at radius 2 is 2.06 bits per heavy atom. The zero-order chi connectivity index (χ0) is 11.8. The van der Waals surface area contributed by atoms with Gasteiger partial charge in [-0.1, -0.05) is 0 Å². The van der Waals surface area contributed by atoms with Crippen LogP contribution in [-0.4, -0.2) is 53.2 Å². The zero-order valence-corrected chi connectivity index (χ0v) is 10.2. The van der Waals surface area contributed by atoms with E-state index in [9.17, 15) is 9.90 Å². The Hall–Kier alpha value is -0.320. The fourth-order valence-electron chi connectivity index (χ4n) is 3.02. The lowest BCUT2D eigenvalue weighted by atomic mass is 9.86. The molecular formula is C11H18ClNO3. The normalized spacial score (nSPS) is 38.9. The average molecular weight is 248 g/mol. The van der Waals surface area contributed by atoms with Gasteiger partial charge in [-0.3, -0.25) is 0 Å². The van der Waals surface area contributed by atoms with E-state index in [1.807, 2.05) is 0 Å². The van der Waals surface area contributed by atoms with Crippen molar-refractivity contribution in [1.29, 1.82) is 0 Å². The predicted octanol–water partition coefficient (Wildman–Crippen LogP) is 1.32. The molecule has 5 heteroatoms. The molecular weight excluding hydrogens is 230 g/mol. The van der Waals surface area contributed by atoms with Crippen LogP contribution in [0.15, 0.2) is 0 Å². The lowest BCUT2D eigenvalue weighted by molar-refractivity contribution is -0.175. The largest absolute Gasteiger partial charge is 0.479 e. The first kappa shape index (κ1) is 12.1. The van der Waals surface area contributed by atoms with E-state index in [1.54, 1.807) is 0 Å². The van der Waals surface area contributed by atoms with Crippen molar-refractivity contribution in [2.75, 3.05) is 19.5 Å². The number of fused-ring (bicyclic) bond motifs is 2. The van der Waals surface area contributed by atoms with Gasteiger partial charge in [0.2, 0.25) is 0 Å². The number of carboxylic acid groups (broad SMARTS) is 1. The van der Waals surface area contributed by atoms with Crippen molar-refractivity contribution in [3.05, 3.63) is 0 Å². The van der Waals surface area contributed by atoms with E-state index < -0.39 is 11.6 Å². The van der Waals surface area contributed by atoms with Gasteiger partial charge < -0.3 is 14.7 Å². The van der Waals surface area contributed by atoms with Gasteiger partial charge in [-0.15, -0.1) is 11.6 Å². The van der Waals surface area contributed by atoms with Crippen LogP contribution in [0, 0.1) is 0 Å². The summed E-state index contributed by atoms with van der Waals surface area (Å²) in [7, 11) is 2.08. The molecule has 1 N–H and O–H groups in total. The van der Waals surface area contributed by atoms with Crippen molar-refractivity contribution in [2.45, 2.75) is 43.4 Å². The number of ether oxygens (including phenoxy) is 1. The van der Waals surface area contributed by atoms with Gasteiger partial charge in [0.15, 0.2) is 5.60 Å². The van der Waals surface area contributed by atoms with Gasteiger partial charge in [-0.05, 0) is 19.9 Å². The maximum Gasteiger partial charge on any atom is 0.336 e. The maximum atomic E-state index is 11.4. The van der Waals surface area contributed by atoms with Crippen molar-refractivity contribution >= 4 is 17.6 Å². The molecule has 92 valence electrons. The second kappa shape index (κ2) is 4.51. The number of hydrogen-bond acceptors (Lipinski definition) is 3. The van der Waals surface area contributed by atoms with E-state index in [0.717, 1.165) is 12.8 Å². The lowest BCUT2D eigenvalue weighted by Crippen LogP contribution is -2.55. The van der Waals surface area contributed by atoms with E-state index in [4.69, 9.17) is 16.3 Å². The van der Waals surface area contributed by atoms with Gasteiger partial charge in [-0.25, -0.2) is 4.79 Å². The summed E-state index contributed by atoms with van der Waals surface area (Å²) < 4.78 is 5.55. The highest BCUT2D eigenvalue weighted by Crippen LogP contribution is 2.41. The Labute approximate surface area is 101 Å². The van der Waals surface area contributed by atoms with E-state index >= 15 is 0 Å². The van der Waals surface area contributed by atoms with Gasteiger partial charge in [0.1, 0.15) is 0 Å². The summed E-state index contributed by atoms with van der Waals surface area (Å²) in [5, 5.41) is 9.38. The standard InChI is InChI=1S/C11H18ClNO3/c1-13-8-2-3-9(13)7-11(6-8,10(14)15)16-5-4-12/h8-9H,2-7H2,1H3,(H,14,15). The van der Waals surface area contributed by atoms with E-state index in [-0.39, 0.29) is 0 Å². The highest BCUT2D eigenvalue weighted by Gasteiger charge is 2.52. The van der Waals surface area contributed by atoms with Crippen molar-refractivity contribution in [1.82, 2.24) is 4.90 Å². The topological polar surface area (TPSA) is 49.8 Å². The molecule has 0 radical (unpaired) electrons. The molecule has 0 amide bonds. The summed E-state index contributed by atoms with van der Waals surface area (Å²) in [5.41, 5.74) is -0.993. The first-order valence-corrected chi connectivity index (χ1v) is 6.28. The first-order valence-electron chi connectivity index (χ1n) is 5.74. The number of aliphatic carboxylic acids is 1. The molecule has 2 aliphatic rings. The summed E-state index contributed by atoms with van der Waals surface area (Å²) >= 11 is 5.58. The molecule has 2 aliphatic heterocycles. The van der Waals surface area contributed by atoms with E-state index in [0.29, 0.717) is 37.4 Å². The Bertz CT molecular complexity index is 270. The molecule has 0 aromatic heterocycles. The number of carboxylic acids is 1. The number of piperidine rings is 1.